The van der Waals surface area contributed by atoms with E-state index in [-0.39, 0.29) is 17.3 Å². The van der Waals surface area contributed by atoms with Crippen molar-refractivity contribution in [3.8, 4) is 0 Å². The van der Waals surface area contributed by atoms with Crippen LogP contribution in [-0.4, -0.2) is 32.8 Å². The van der Waals surface area contributed by atoms with Crippen LogP contribution in [0, 0.1) is 6.92 Å². The highest BCUT2D eigenvalue weighted by molar-refractivity contribution is 7.89. The zero-order valence-electron chi connectivity index (χ0n) is 15.5. The Morgan fingerprint density at radius 1 is 1.12 bits per heavy atom. The van der Waals surface area contributed by atoms with Gasteiger partial charge in [0.05, 0.1) is 4.90 Å². The van der Waals surface area contributed by atoms with Crippen LogP contribution in [0.2, 0.25) is 0 Å². The van der Waals surface area contributed by atoms with Crippen LogP contribution in [-0.2, 0) is 16.6 Å². The number of benzene rings is 2. The van der Waals surface area contributed by atoms with Crippen molar-refractivity contribution in [1.29, 1.82) is 0 Å². The molecular formula is C20H26N2O3S. The third kappa shape index (κ3) is 5.16. The molecule has 0 saturated carbocycles. The molecule has 5 nitrogen and oxygen atoms in total. The maximum Gasteiger partial charge on any atom is 0.253 e. The Morgan fingerprint density at radius 2 is 1.81 bits per heavy atom. The number of hydrogen-bond donors (Lipinski definition) is 1. The Labute approximate surface area is 156 Å². The molecule has 140 valence electrons. The third-order valence-electron chi connectivity index (χ3n) is 4.25. The summed E-state index contributed by atoms with van der Waals surface area (Å²) >= 11 is 0. The SMILES string of the molecule is CCCCN(C)C(=O)c1cc(S(=O)(=O)NCc2ccccc2)ccc1C. The van der Waals surface area contributed by atoms with E-state index in [0.29, 0.717) is 12.1 Å². The van der Waals surface area contributed by atoms with Crippen molar-refractivity contribution < 1.29 is 13.2 Å². The van der Waals surface area contributed by atoms with Gasteiger partial charge in [0.2, 0.25) is 10.0 Å². The van der Waals surface area contributed by atoms with Crippen molar-refractivity contribution in [2.24, 2.45) is 0 Å². The predicted molar refractivity (Wildman–Crippen MR) is 104 cm³/mol. The van der Waals surface area contributed by atoms with Crippen LogP contribution in [0.3, 0.4) is 0 Å². The van der Waals surface area contributed by atoms with Gasteiger partial charge in [0.25, 0.3) is 5.91 Å². The van der Waals surface area contributed by atoms with E-state index >= 15 is 0 Å². The summed E-state index contributed by atoms with van der Waals surface area (Å²) in [6.45, 7) is 4.73. The lowest BCUT2D eigenvalue weighted by Crippen LogP contribution is -2.29. The van der Waals surface area contributed by atoms with Crippen LogP contribution in [0.25, 0.3) is 0 Å². The van der Waals surface area contributed by atoms with Gasteiger partial charge in [0.15, 0.2) is 0 Å². The molecule has 0 atom stereocenters. The molecule has 1 N–H and O–H groups in total. The van der Waals surface area contributed by atoms with Crippen LogP contribution in [0.1, 0.15) is 41.3 Å². The van der Waals surface area contributed by atoms with E-state index < -0.39 is 10.0 Å². The second-order valence-electron chi connectivity index (χ2n) is 6.37. The molecule has 1 amide bonds. The first-order valence-corrected chi connectivity index (χ1v) is 10.2. The number of unbranched alkanes of at least 4 members (excludes halogenated alkanes) is 1. The van der Waals surface area contributed by atoms with E-state index in [1.807, 2.05) is 37.3 Å². The summed E-state index contributed by atoms with van der Waals surface area (Å²) < 4.78 is 27.8. The summed E-state index contributed by atoms with van der Waals surface area (Å²) in [6, 6.07) is 14.0. The van der Waals surface area contributed by atoms with Gasteiger partial charge in [-0.15, -0.1) is 0 Å². The van der Waals surface area contributed by atoms with Crippen LogP contribution in [0.15, 0.2) is 53.4 Å². The van der Waals surface area contributed by atoms with Crippen LogP contribution >= 0.6 is 0 Å². The monoisotopic (exact) mass is 374 g/mol. The summed E-state index contributed by atoms with van der Waals surface area (Å²) in [5.74, 6) is -0.156. The van der Waals surface area contributed by atoms with Crippen molar-refractivity contribution in [2.45, 2.75) is 38.1 Å². The third-order valence-corrected chi connectivity index (χ3v) is 5.65. The summed E-state index contributed by atoms with van der Waals surface area (Å²) in [6.07, 6.45) is 1.91. The Kier molecular flexibility index (Phi) is 6.94. The molecule has 26 heavy (non-hydrogen) atoms. The van der Waals surface area contributed by atoms with E-state index in [2.05, 4.69) is 11.6 Å². The molecule has 6 heteroatoms. The molecule has 0 spiro atoms. The number of carbonyl (C=O) groups is 1. The average Bonchev–Trinajstić information content (AvgIpc) is 2.65. The number of nitrogens with zero attached hydrogens (tertiary/aromatic N) is 1. The molecule has 0 heterocycles. The topological polar surface area (TPSA) is 66.5 Å². The lowest BCUT2D eigenvalue weighted by molar-refractivity contribution is 0.0792. The van der Waals surface area contributed by atoms with E-state index in [0.717, 1.165) is 24.0 Å². The fraction of sp³-hybridized carbons (Fsp3) is 0.350. The zero-order valence-corrected chi connectivity index (χ0v) is 16.3. The minimum absolute atomic E-state index is 0.103. The van der Waals surface area contributed by atoms with Crippen molar-refractivity contribution in [3.63, 3.8) is 0 Å². The smallest absolute Gasteiger partial charge is 0.253 e. The summed E-state index contributed by atoms with van der Waals surface area (Å²) in [7, 11) is -1.95. The molecule has 0 unspecified atom stereocenters. The van der Waals surface area contributed by atoms with Gasteiger partial charge in [0, 0.05) is 25.7 Å². The molecule has 2 aromatic rings. The molecule has 0 aromatic heterocycles. The Hall–Kier alpha value is -2.18. The number of hydrogen-bond acceptors (Lipinski definition) is 3. The Morgan fingerprint density at radius 3 is 2.46 bits per heavy atom. The first-order chi connectivity index (χ1) is 12.3. The summed E-state index contributed by atoms with van der Waals surface area (Å²) in [4.78, 5) is 14.4. The number of carbonyl (C=O) groups excluding carboxylic acids is 1. The maximum absolute atomic E-state index is 12.6. The summed E-state index contributed by atoms with van der Waals surface area (Å²) in [5.41, 5.74) is 2.06. The van der Waals surface area contributed by atoms with Crippen molar-refractivity contribution in [2.75, 3.05) is 13.6 Å². The molecule has 2 aromatic carbocycles. The minimum Gasteiger partial charge on any atom is -0.342 e. The number of nitrogens with one attached hydrogen (secondary N) is 1. The second-order valence-corrected chi connectivity index (χ2v) is 8.13. The van der Waals surface area contributed by atoms with Gasteiger partial charge in [-0.05, 0) is 36.6 Å². The second kappa shape index (κ2) is 8.96. The highest BCUT2D eigenvalue weighted by Crippen LogP contribution is 2.18. The average molecular weight is 375 g/mol. The first kappa shape index (κ1) is 20.1. The molecule has 0 aliphatic rings. The van der Waals surface area contributed by atoms with Gasteiger partial charge < -0.3 is 4.90 Å². The molecule has 0 fully saturated rings. The number of aryl methyl sites for hydroxylation is 1. The van der Waals surface area contributed by atoms with E-state index in [1.165, 1.54) is 12.1 Å². The number of sulfonamides is 1. The quantitative estimate of drug-likeness (QED) is 0.771. The van der Waals surface area contributed by atoms with Gasteiger partial charge >= 0.3 is 0 Å². The van der Waals surface area contributed by atoms with Gasteiger partial charge in [-0.3, -0.25) is 4.79 Å². The Bertz CT molecular complexity index is 849. The van der Waals surface area contributed by atoms with E-state index in [9.17, 15) is 13.2 Å². The van der Waals surface area contributed by atoms with Gasteiger partial charge in [-0.25, -0.2) is 13.1 Å². The largest absolute Gasteiger partial charge is 0.342 e. The van der Waals surface area contributed by atoms with E-state index in [4.69, 9.17) is 0 Å². The van der Waals surface area contributed by atoms with Crippen molar-refractivity contribution in [1.82, 2.24) is 9.62 Å². The van der Waals surface area contributed by atoms with Gasteiger partial charge in [-0.1, -0.05) is 49.7 Å². The zero-order chi connectivity index (χ0) is 19.2. The normalized spacial score (nSPS) is 11.3. The molecule has 0 aliphatic heterocycles. The molecule has 0 saturated heterocycles. The van der Waals surface area contributed by atoms with Gasteiger partial charge in [0.1, 0.15) is 0 Å². The molecule has 2 rings (SSSR count). The molecule has 0 bridgehead atoms. The number of rotatable bonds is 8. The first-order valence-electron chi connectivity index (χ1n) is 8.75. The summed E-state index contributed by atoms with van der Waals surface area (Å²) in [5, 5.41) is 0. The lowest BCUT2D eigenvalue weighted by atomic mass is 10.1. The molecule has 0 radical (unpaired) electrons. The standard InChI is InChI=1S/C20H26N2O3S/c1-4-5-13-22(3)20(23)19-14-18(12-11-16(19)2)26(24,25)21-15-17-9-7-6-8-10-17/h6-12,14,21H,4-5,13,15H2,1-3H3. The van der Waals surface area contributed by atoms with Crippen LogP contribution < -0.4 is 4.72 Å². The lowest BCUT2D eigenvalue weighted by Gasteiger charge is -2.18. The van der Waals surface area contributed by atoms with Crippen LogP contribution in [0.4, 0.5) is 0 Å². The van der Waals surface area contributed by atoms with Gasteiger partial charge in [-0.2, -0.15) is 0 Å². The Balaban J connectivity index is 2.20. The number of amides is 1. The fourth-order valence-electron chi connectivity index (χ4n) is 2.56. The fourth-order valence-corrected chi connectivity index (χ4v) is 3.60. The highest BCUT2D eigenvalue weighted by atomic mass is 32.2. The highest BCUT2D eigenvalue weighted by Gasteiger charge is 2.19. The minimum atomic E-state index is -3.69. The molecular weight excluding hydrogens is 348 g/mol. The van der Waals surface area contributed by atoms with E-state index in [1.54, 1.807) is 18.0 Å². The van der Waals surface area contributed by atoms with Crippen LogP contribution in [0.5, 0.6) is 0 Å². The maximum atomic E-state index is 12.6. The predicted octanol–water partition coefficient (Wildman–Crippen LogP) is 3.35. The molecule has 0 aliphatic carbocycles. The van der Waals surface area contributed by atoms with Crippen molar-refractivity contribution in [3.05, 3.63) is 65.2 Å². The van der Waals surface area contributed by atoms with Crippen molar-refractivity contribution >= 4 is 15.9 Å².